The van der Waals surface area contributed by atoms with Gasteiger partial charge >= 0.3 is 0 Å². The summed E-state index contributed by atoms with van der Waals surface area (Å²) in [5.74, 6) is 0. The number of benzene rings is 10. The van der Waals surface area contributed by atoms with E-state index >= 15 is 0 Å². The second-order valence-corrected chi connectivity index (χ2v) is 17.2. The lowest BCUT2D eigenvalue weighted by Crippen LogP contribution is -2.12. The maximum Gasteiger partial charge on any atom is 0.263 e. The maximum absolute atomic E-state index is 14.1. The minimum atomic E-state index is 0.0203. The Bertz CT molecular complexity index is 4320. The van der Waals surface area contributed by atoms with Crippen LogP contribution in [0.25, 0.3) is 126 Å². The lowest BCUT2D eigenvalue weighted by molar-refractivity contribution is 1.18. The van der Waals surface area contributed by atoms with E-state index in [0.717, 1.165) is 82.6 Å². The third-order valence-corrected chi connectivity index (χ3v) is 13.8. The fourth-order valence-corrected chi connectivity index (χ4v) is 11.0. The van der Waals surface area contributed by atoms with Crippen molar-refractivity contribution in [1.82, 2.24) is 13.5 Å². The first-order chi connectivity index (χ1) is 32.2. The zero-order valence-corrected chi connectivity index (χ0v) is 35.1. The van der Waals surface area contributed by atoms with E-state index in [-0.39, 0.29) is 5.56 Å². The molecular formula is C61H37N3O. The van der Waals surface area contributed by atoms with Crippen molar-refractivity contribution in [2.45, 2.75) is 0 Å². The molecule has 4 heterocycles. The molecule has 0 bridgehead atoms. The topological polar surface area (TPSA) is 31.3 Å². The Morgan fingerprint density at radius 3 is 1.60 bits per heavy atom. The molecule has 4 heteroatoms. The lowest BCUT2D eigenvalue weighted by atomic mass is 9.92. The maximum atomic E-state index is 14.1. The highest BCUT2D eigenvalue weighted by Gasteiger charge is 2.21. The third kappa shape index (κ3) is 5.11. The van der Waals surface area contributed by atoms with E-state index in [1.165, 1.54) is 43.7 Å². The van der Waals surface area contributed by atoms with Crippen LogP contribution in [0, 0.1) is 0 Å². The molecule has 302 valence electrons. The van der Waals surface area contributed by atoms with Crippen molar-refractivity contribution in [3.8, 4) is 44.8 Å². The number of hydrogen-bond acceptors (Lipinski definition) is 1. The predicted molar refractivity (Wildman–Crippen MR) is 272 cm³/mol. The predicted octanol–water partition coefficient (Wildman–Crippen LogP) is 15.4. The number of para-hydroxylation sites is 5. The quantitative estimate of drug-likeness (QED) is 0.159. The molecule has 0 amide bonds. The molecular weight excluding hydrogens is 791 g/mol. The normalized spacial score (nSPS) is 12.1. The Labute approximate surface area is 373 Å². The van der Waals surface area contributed by atoms with Crippen molar-refractivity contribution < 1.29 is 0 Å². The van der Waals surface area contributed by atoms with Crippen LogP contribution in [-0.2, 0) is 0 Å². The average Bonchev–Trinajstić information content (AvgIpc) is 4.01. The third-order valence-electron chi connectivity index (χ3n) is 13.8. The summed E-state index contributed by atoms with van der Waals surface area (Å²) in [4.78, 5) is 14.1. The standard InChI is InChI=1S/C61H37N3O/c65-61-51-23-7-6-19-44(51)49-24-14-25-50-53-36-40(31-34-58(53)64(61)60(49)50)42-17-4-5-18-43(42)45-20-8-12-27-55(45)63-56-28-13-9-21-46(56)48-32-29-39(37-59(48)63)38-30-33-57-52(35-38)47-22-10-11-26-54(47)62(57)41-15-2-1-3-16-41/h1-37H. The van der Waals surface area contributed by atoms with Gasteiger partial charge in [-0.15, -0.1) is 0 Å². The fourth-order valence-electron chi connectivity index (χ4n) is 11.0. The Morgan fingerprint density at radius 2 is 0.785 bits per heavy atom. The number of aromatic nitrogens is 3. The zero-order chi connectivity index (χ0) is 42.8. The summed E-state index contributed by atoms with van der Waals surface area (Å²) >= 11 is 0. The summed E-state index contributed by atoms with van der Waals surface area (Å²) < 4.78 is 6.75. The molecule has 14 aromatic rings. The first-order valence-corrected chi connectivity index (χ1v) is 22.2. The molecule has 0 unspecified atom stereocenters. The molecule has 0 saturated carbocycles. The molecule has 0 fully saturated rings. The van der Waals surface area contributed by atoms with Crippen LogP contribution in [0.1, 0.15) is 0 Å². The average molecular weight is 828 g/mol. The van der Waals surface area contributed by atoms with Crippen LogP contribution in [0.4, 0.5) is 0 Å². The smallest absolute Gasteiger partial charge is 0.263 e. The highest BCUT2D eigenvalue weighted by molar-refractivity contribution is 6.21. The van der Waals surface area contributed by atoms with Crippen LogP contribution in [-0.4, -0.2) is 13.5 Å². The Kier molecular flexibility index (Phi) is 7.51. The van der Waals surface area contributed by atoms with Gasteiger partial charge in [0.25, 0.3) is 5.56 Å². The summed E-state index contributed by atoms with van der Waals surface area (Å²) in [7, 11) is 0. The van der Waals surface area contributed by atoms with Crippen molar-refractivity contribution in [3.05, 3.63) is 235 Å². The van der Waals surface area contributed by atoms with Gasteiger partial charge in [0.05, 0.1) is 38.8 Å². The molecule has 0 radical (unpaired) electrons. The van der Waals surface area contributed by atoms with Gasteiger partial charge in [-0.05, 0) is 99.9 Å². The SMILES string of the molecule is O=c1c2ccccc2c2cccc3c4cc(-c5ccccc5-c5ccccc5-n5c6ccccc6c6ccc(-c7ccc8c(c7)c7ccccc7n8-c7ccccc7)cc65)ccc4n1c23. The number of nitrogens with zero attached hydrogens (tertiary/aromatic N) is 3. The summed E-state index contributed by atoms with van der Waals surface area (Å²) in [6.45, 7) is 0. The van der Waals surface area contributed by atoms with Crippen LogP contribution >= 0.6 is 0 Å². The highest BCUT2D eigenvalue weighted by atomic mass is 16.1. The van der Waals surface area contributed by atoms with Gasteiger partial charge in [-0.2, -0.15) is 0 Å². The van der Waals surface area contributed by atoms with Gasteiger partial charge < -0.3 is 9.13 Å². The molecule has 0 aliphatic rings. The Hall–Kier alpha value is -8.73. The van der Waals surface area contributed by atoms with Crippen LogP contribution in [0.3, 0.4) is 0 Å². The van der Waals surface area contributed by atoms with Gasteiger partial charge in [-0.1, -0.05) is 158 Å². The van der Waals surface area contributed by atoms with Crippen molar-refractivity contribution in [1.29, 1.82) is 0 Å². The zero-order valence-electron chi connectivity index (χ0n) is 35.1. The van der Waals surface area contributed by atoms with Crippen molar-refractivity contribution in [2.75, 3.05) is 0 Å². The molecule has 4 aromatic heterocycles. The number of rotatable bonds is 5. The second kappa shape index (κ2) is 13.6. The number of fused-ring (bicyclic) bond motifs is 11. The van der Waals surface area contributed by atoms with E-state index in [4.69, 9.17) is 0 Å². The minimum absolute atomic E-state index is 0.0203. The molecule has 0 aliphatic heterocycles. The Morgan fingerprint density at radius 1 is 0.277 bits per heavy atom. The van der Waals surface area contributed by atoms with Crippen LogP contribution < -0.4 is 5.56 Å². The van der Waals surface area contributed by atoms with Gasteiger partial charge in [0, 0.05) is 54.3 Å². The van der Waals surface area contributed by atoms with E-state index in [0.29, 0.717) is 0 Å². The first kappa shape index (κ1) is 35.8. The van der Waals surface area contributed by atoms with Gasteiger partial charge in [0.1, 0.15) is 0 Å². The molecule has 65 heavy (non-hydrogen) atoms. The molecule has 0 atom stereocenters. The van der Waals surface area contributed by atoms with E-state index in [1.54, 1.807) is 0 Å². The molecule has 4 nitrogen and oxygen atoms in total. The van der Waals surface area contributed by atoms with Crippen molar-refractivity contribution in [3.63, 3.8) is 0 Å². The molecule has 0 spiro atoms. The fraction of sp³-hybridized carbons (Fsp3) is 0. The van der Waals surface area contributed by atoms with Crippen LogP contribution in [0.15, 0.2) is 229 Å². The van der Waals surface area contributed by atoms with Crippen LogP contribution in [0.5, 0.6) is 0 Å². The summed E-state index contributed by atoms with van der Waals surface area (Å²) in [6, 6.07) is 80.5. The monoisotopic (exact) mass is 827 g/mol. The second-order valence-electron chi connectivity index (χ2n) is 17.2. The first-order valence-electron chi connectivity index (χ1n) is 22.2. The summed E-state index contributed by atoms with van der Waals surface area (Å²) in [5.41, 5.74) is 15.8. The van der Waals surface area contributed by atoms with Crippen molar-refractivity contribution in [2.24, 2.45) is 0 Å². The number of hydrogen-bond donors (Lipinski definition) is 0. The molecule has 0 N–H and O–H groups in total. The van der Waals surface area contributed by atoms with Crippen molar-refractivity contribution >= 4 is 81.6 Å². The minimum Gasteiger partial charge on any atom is -0.309 e. The molecule has 0 saturated heterocycles. The van der Waals surface area contributed by atoms with E-state index in [1.807, 2.05) is 22.6 Å². The van der Waals surface area contributed by atoms with E-state index in [2.05, 4.69) is 215 Å². The largest absolute Gasteiger partial charge is 0.309 e. The number of pyridine rings is 1. The van der Waals surface area contributed by atoms with Gasteiger partial charge in [-0.3, -0.25) is 9.20 Å². The molecule has 0 aliphatic carbocycles. The van der Waals surface area contributed by atoms with Crippen LogP contribution in [0.2, 0.25) is 0 Å². The summed E-state index contributed by atoms with van der Waals surface area (Å²) in [5, 5.41) is 9.88. The van der Waals surface area contributed by atoms with Gasteiger partial charge in [-0.25, -0.2) is 0 Å². The highest BCUT2D eigenvalue weighted by Crippen LogP contribution is 2.43. The van der Waals surface area contributed by atoms with Gasteiger partial charge in [0.15, 0.2) is 0 Å². The lowest BCUT2D eigenvalue weighted by Gasteiger charge is -2.17. The Balaban J connectivity index is 0.954. The van der Waals surface area contributed by atoms with E-state index < -0.39 is 0 Å². The van der Waals surface area contributed by atoms with E-state index in [9.17, 15) is 4.79 Å². The molecule has 14 rings (SSSR count). The molecule has 10 aromatic carbocycles. The summed E-state index contributed by atoms with van der Waals surface area (Å²) in [6.07, 6.45) is 0. The van der Waals surface area contributed by atoms with Gasteiger partial charge in [0.2, 0.25) is 0 Å².